The van der Waals surface area contributed by atoms with Gasteiger partial charge in [-0.15, -0.1) is 5.10 Å². The van der Waals surface area contributed by atoms with Crippen LogP contribution in [0.15, 0.2) is 42.7 Å². The summed E-state index contributed by atoms with van der Waals surface area (Å²) in [5.41, 5.74) is 11.1. The Bertz CT molecular complexity index is 1890. The molecule has 1 amide bonds. The van der Waals surface area contributed by atoms with Crippen LogP contribution in [0, 0.1) is 17.2 Å². The van der Waals surface area contributed by atoms with Crippen molar-refractivity contribution >= 4 is 27.8 Å². The zero-order chi connectivity index (χ0) is 29.7. The summed E-state index contributed by atoms with van der Waals surface area (Å²) >= 11 is 0. The van der Waals surface area contributed by atoms with Crippen LogP contribution in [0.25, 0.3) is 33.5 Å². The molecule has 0 radical (unpaired) electrons. The lowest BCUT2D eigenvalue weighted by atomic mass is 9.97. The average molecular weight is 582 g/mol. The van der Waals surface area contributed by atoms with E-state index in [0.29, 0.717) is 37.6 Å². The Morgan fingerprint density at radius 3 is 2.88 bits per heavy atom. The van der Waals surface area contributed by atoms with Gasteiger partial charge in [-0.25, -0.2) is 19.0 Å². The molecule has 43 heavy (non-hydrogen) atoms. The molecule has 1 unspecified atom stereocenters. The van der Waals surface area contributed by atoms with Gasteiger partial charge in [-0.3, -0.25) is 4.79 Å². The summed E-state index contributed by atoms with van der Waals surface area (Å²) in [6.45, 7) is 1.75. The Balaban J connectivity index is 1.25. The number of aromatic nitrogens is 6. The van der Waals surface area contributed by atoms with E-state index in [2.05, 4.69) is 37.4 Å². The molecule has 11 nitrogen and oxygen atoms in total. The highest BCUT2D eigenvalue weighted by atomic mass is 19.1. The van der Waals surface area contributed by atoms with Crippen molar-refractivity contribution < 1.29 is 13.9 Å². The van der Waals surface area contributed by atoms with Gasteiger partial charge in [-0.2, -0.15) is 5.26 Å². The monoisotopic (exact) mass is 581 g/mol. The fraction of sp³-hybridized carbons (Fsp3) is 0.387. The number of amides is 1. The first-order valence-electron chi connectivity index (χ1n) is 14.6. The molecule has 2 aromatic carbocycles. The number of nitriles is 1. The highest BCUT2D eigenvalue weighted by Crippen LogP contribution is 2.39. The Hall–Kier alpha value is -4.76. The third kappa shape index (κ3) is 4.99. The van der Waals surface area contributed by atoms with Crippen molar-refractivity contribution in [2.24, 2.45) is 18.7 Å². The number of halogens is 1. The molecule has 1 atom stereocenters. The van der Waals surface area contributed by atoms with Gasteiger partial charge in [0.25, 0.3) is 11.7 Å². The van der Waals surface area contributed by atoms with Crippen molar-refractivity contribution in [1.82, 2.24) is 33.8 Å². The third-order valence-electron chi connectivity index (χ3n) is 8.39. The maximum absolute atomic E-state index is 13.3. The summed E-state index contributed by atoms with van der Waals surface area (Å²) < 4.78 is 25.3. The molecule has 0 spiro atoms. The van der Waals surface area contributed by atoms with Crippen LogP contribution >= 0.6 is 0 Å². The predicted molar refractivity (Wildman–Crippen MR) is 158 cm³/mol. The Morgan fingerprint density at radius 2 is 2.12 bits per heavy atom. The van der Waals surface area contributed by atoms with E-state index in [1.807, 2.05) is 31.3 Å². The number of nitrogens with two attached hydrogens (primary N) is 1. The number of nitrogens with zero attached hydrogens (tertiary/aromatic N) is 8. The Labute approximate surface area is 247 Å². The number of benzene rings is 2. The minimum absolute atomic E-state index is 0.126. The molecule has 1 saturated carbocycles. The van der Waals surface area contributed by atoms with E-state index in [0.717, 1.165) is 51.3 Å². The molecule has 1 fully saturated rings. The fourth-order valence-electron chi connectivity index (χ4n) is 5.99. The third-order valence-corrected chi connectivity index (χ3v) is 8.39. The number of imidazole rings is 1. The number of hydrogen-bond donors (Lipinski definition) is 1. The van der Waals surface area contributed by atoms with Crippen LogP contribution in [-0.4, -0.2) is 72.1 Å². The first-order valence-corrected chi connectivity index (χ1v) is 14.6. The van der Waals surface area contributed by atoms with E-state index < -0.39 is 12.7 Å². The van der Waals surface area contributed by atoms with Gasteiger partial charge in [0.15, 0.2) is 5.82 Å². The molecule has 3 aromatic heterocycles. The van der Waals surface area contributed by atoms with Gasteiger partial charge >= 0.3 is 0 Å². The van der Waals surface area contributed by atoms with Gasteiger partial charge in [0.1, 0.15) is 31.4 Å². The van der Waals surface area contributed by atoms with Crippen molar-refractivity contribution in [3.8, 4) is 23.3 Å². The molecule has 4 heterocycles. The number of hydrogen-bond acceptors (Lipinski definition) is 7. The van der Waals surface area contributed by atoms with Crippen LogP contribution in [0.5, 0.6) is 5.75 Å². The van der Waals surface area contributed by atoms with Crippen molar-refractivity contribution in [3.63, 3.8) is 0 Å². The zero-order valence-corrected chi connectivity index (χ0v) is 23.9. The minimum Gasteiger partial charge on any atom is -0.489 e. The van der Waals surface area contributed by atoms with Crippen LogP contribution in [0.1, 0.15) is 34.6 Å². The van der Waals surface area contributed by atoms with Crippen molar-refractivity contribution in [1.29, 1.82) is 5.26 Å². The molecule has 2 N–H and O–H groups in total. The number of para-hydroxylation sites is 1. The van der Waals surface area contributed by atoms with Gasteiger partial charge in [0.2, 0.25) is 0 Å². The minimum atomic E-state index is -0.683. The second-order valence-electron chi connectivity index (χ2n) is 11.5. The largest absolute Gasteiger partial charge is 0.489 e. The van der Waals surface area contributed by atoms with E-state index in [9.17, 15) is 9.18 Å². The summed E-state index contributed by atoms with van der Waals surface area (Å²) in [4.78, 5) is 23.9. The van der Waals surface area contributed by atoms with Crippen LogP contribution in [0.2, 0.25) is 0 Å². The number of rotatable bonds is 10. The van der Waals surface area contributed by atoms with Gasteiger partial charge in [-0.05, 0) is 55.0 Å². The molecule has 220 valence electrons. The van der Waals surface area contributed by atoms with Gasteiger partial charge in [-0.1, -0.05) is 12.1 Å². The predicted octanol–water partition coefficient (Wildman–Crippen LogP) is 3.44. The van der Waals surface area contributed by atoms with Crippen LogP contribution < -0.4 is 10.5 Å². The second kappa shape index (κ2) is 10.8. The molecular formula is C31H32FN9O2. The van der Waals surface area contributed by atoms with E-state index >= 15 is 0 Å². The maximum Gasteiger partial charge on any atom is 0.254 e. The maximum atomic E-state index is 13.3. The van der Waals surface area contributed by atoms with Crippen molar-refractivity contribution in [3.05, 3.63) is 59.7 Å². The molecule has 0 bridgehead atoms. The van der Waals surface area contributed by atoms with Gasteiger partial charge < -0.3 is 24.5 Å². The zero-order valence-electron chi connectivity index (χ0n) is 23.9. The molecule has 2 aliphatic rings. The van der Waals surface area contributed by atoms with Crippen LogP contribution in [-0.2, 0) is 26.6 Å². The van der Waals surface area contributed by atoms with Crippen molar-refractivity contribution in [2.75, 3.05) is 26.4 Å². The molecule has 12 heteroatoms. The summed E-state index contributed by atoms with van der Waals surface area (Å²) in [6, 6.07) is 13.4. The summed E-state index contributed by atoms with van der Waals surface area (Å²) in [6.07, 6.45) is 4.60. The average Bonchev–Trinajstić information content (AvgIpc) is 3.45. The van der Waals surface area contributed by atoms with E-state index in [4.69, 9.17) is 20.7 Å². The number of alkyl halides is 1. The summed E-state index contributed by atoms with van der Waals surface area (Å²) in [7, 11) is 2.01. The molecule has 1 aliphatic carbocycles. The van der Waals surface area contributed by atoms with Gasteiger partial charge in [0.05, 0.1) is 34.8 Å². The number of fused-ring (bicyclic) bond motifs is 3. The summed E-state index contributed by atoms with van der Waals surface area (Å²) in [5, 5.41) is 14.2. The number of aryl methyl sites for hydroxylation is 1. The van der Waals surface area contributed by atoms with Gasteiger partial charge in [0, 0.05) is 37.6 Å². The van der Waals surface area contributed by atoms with E-state index in [1.54, 1.807) is 9.58 Å². The smallest absolute Gasteiger partial charge is 0.254 e. The van der Waals surface area contributed by atoms with Crippen LogP contribution in [0.4, 0.5) is 4.39 Å². The van der Waals surface area contributed by atoms with Crippen LogP contribution in [0.3, 0.4) is 0 Å². The van der Waals surface area contributed by atoms with E-state index in [1.165, 1.54) is 19.2 Å². The molecule has 1 aliphatic heterocycles. The topological polar surface area (TPSA) is 133 Å². The fourth-order valence-corrected chi connectivity index (χ4v) is 5.99. The number of carbonyl (C=O) groups is 1. The molecule has 7 rings (SSSR count). The number of ether oxygens (including phenoxy) is 1. The standard InChI is InChI=1S/C31H32FN9O2/c1-38-25-11-20-7-8-39(17-22(34)14-32)31(42)23(20)13-24(25)36-30(38)26-12-21-3-2-4-27(29(21)41(26)16-19-5-6-19)43-10-9-40-18-35-28(15-33)37-40/h2-4,11-13,18-19,22H,5-10,14,16-17,34H2,1H3. The normalized spacial score (nSPS) is 15.7. The Morgan fingerprint density at radius 1 is 1.26 bits per heavy atom. The molecule has 0 saturated heterocycles. The lowest BCUT2D eigenvalue weighted by Crippen LogP contribution is -2.45. The van der Waals surface area contributed by atoms with E-state index in [-0.39, 0.29) is 18.3 Å². The lowest BCUT2D eigenvalue weighted by Gasteiger charge is -2.30. The highest BCUT2D eigenvalue weighted by Gasteiger charge is 2.29. The first-order chi connectivity index (χ1) is 20.9. The first kappa shape index (κ1) is 27.1. The summed E-state index contributed by atoms with van der Waals surface area (Å²) in [5.74, 6) is 2.20. The highest BCUT2D eigenvalue weighted by molar-refractivity contribution is 6.01. The molecular weight excluding hydrogens is 549 g/mol. The van der Waals surface area contributed by atoms with Crippen molar-refractivity contribution in [2.45, 2.75) is 38.4 Å². The quantitative estimate of drug-likeness (QED) is 0.267. The lowest BCUT2D eigenvalue weighted by molar-refractivity contribution is 0.0725. The second-order valence-corrected chi connectivity index (χ2v) is 11.5. The number of carbonyl (C=O) groups excluding carboxylic acids is 1. The SMILES string of the molecule is Cn1c(-c2cc3cccc(OCCn4cnc(C#N)n4)c3n2CC2CC2)nc2cc3c(cc21)CCN(CC(N)CF)C3=O. The molecule has 5 aromatic rings. The Kier molecular flexibility index (Phi) is 6.82.